The predicted octanol–water partition coefficient (Wildman–Crippen LogP) is 4.35. The Morgan fingerprint density at radius 1 is 1.35 bits per heavy atom. The molecule has 1 aliphatic carbocycles. The van der Waals surface area contributed by atoms with Crippen LogP contribution in [0.2, 0.25) is 0 Å². The van der Waals surface area contributed by atoms with E-state index in [1.807, 2.05) is 0 Å². The summed E-state index contributed by atoms with van der Waals surface area (Å²) < 4.78 is 1.16. The van der Waals surface area contributed by atoms with E-state index < -0.39 is 0 Å². The van der Waals surface area contributed by atoms with Crippen molar-refractivity contribution >= 4 is 21.6 Å². The summed E-state index contributed by atoms with van der Waals surface area (Å²) in [5.74, 6) is 0.893. The van der Waals surface area contributed by atoms with Crippen molar-refractivity contribution in [2.45, 2.75) is 58.5 Å². The Morgan fingerprint density at radius 3 is 2.60 bits per heavy atom. The summed E-state index contributed by atoms with van der Waals surface area (Å²) in [6.07, 6.45) is 4.77. The molecule has 1 saturated carbocycles. The van der Waals surface area contributed by atoms with Crippen molar-refractivity contribution in [2.75, 3.05) is 11.4 Å². The fourth-order valence-corrected chi connectivity index (χ4v) is 2.92. The molecule has 2 rings (SSSR count). The van der Waals surface area contributed by atoms with Gasteiger partial charge in [-0.2, -0.15) is 0 Å². The van der Waals surface area contributed by atoms with Crippen molar-refractivity contribution in [1.82, 2.24) is 0 Å². The molecule has 0 radical (unpaired) electrons. The van der Waals surface area contributed by atoms with Crippen LogP contribution in [0.3, 0.4) is 0 Å². The summed E-state index contributed by atoms with van der Waals surface area (Å²) in [5, 5.41) is 0. The molecule has 0 bridgehead atoms. The molecule has 0 aliphatic heterocycles. The number of nitrogens with two attached hydrogens (primary N) is 1. The van der Waals surface area contributed by atoms with Gasteiger partial charge in [0.25, 0.3) is 0 Å². The van der Waals surface area contributed by atoms with Crippen LogP contribution in [-0.2, 0) is 6.42 Å². The molecule has 112 valence electrons. The van der Waals surface area contributed by atoms with E-state index >= 15 is 0 Å². The van der Waals surface area contributed by atoms with Crippen LogP contribution in [0.1, 0.15) is 45.6 Å². The lowest BCUT2D eigenvalue weighted by Gasteiger charge is -2.32. The van der Waals surface area contributed by atoms with E-state index in [1.54, 1.807) is 0 Å². The molecule has 1 aromatic carbocycles. The van der Waals surface area contributed by atoms with Crippen molar-refractivity contribution in [3.05, 3.63) is 28.2 Å². The average molecular weight is 339 g/mol. The van der Waals surface area contributed by atoms with Gasteiger partial charge in [0.1, 0.15) is 0 Å². The monoisotopic (exact) mass is 338 g/mol. The number of benzene rings is 1. The molecule has 1 atom stereocenters. The molecule has 0 heterocycles. The smallest absolute Gasteiger partial charge is 0.0413 e. The first-order valence-corrected chi connectivity index (χ1v) is 8.61. The molecule has 1 fully saturated rings. The summed E-state index contributed by atoms with van der Waals surface area (Å²) in [7, 11) is 0. The highest BCUT2D eigenvalue weighted by molar-refractivity contribution is 9.10. The minimum absolute atomic E-state index is 0.255. The minimum Gasteiger partial charge on any atom is -0.369 e. The zero-order chi connectivity index (χ0) is 14.7. The standard InChI is InChI=1S/C17H27BrN2/c1-4-16(19)9-14-7-8-15(18)10-17(14)20(12(2)3)11-13-5-6-13/h7-8,10,12-13,16H,4-6,9,11,19H2,1-3H3. The molecule has 1 aliphatic rings. The normalized spacial score (nSPS) is 16.5. The number of hydrogen-bond donors (Lipinski definition) is 1. The Bertz CT molecular complexity index is 441. The molecule has 3 heteroatoms. The van der Waals surface area contributed by atoms with E-state index in [0.29, 0.717) is 6.04 Å². The van der Waals surface area contributed by atoms with Crippen LogP contribution < -0.4 is 10.6 Å². The Hall–Kier alpha value is -0.540. The number of anilines is 1. The van der Waals surface area contributed by atoms with Crippen LogP contribution in [0, 0.1) is 5.92 Å². The number of nitrogens with zero attached hydrogens (tertiary/aromatic N) is 1. The van der Waals surface area contributed by atoms with Crippen molar-refractivity contribution in [3.63, 3.8) is 0 Å². The Balaban J connectivity index is 2.27. The Kier molecular flexibility index (Phi) is 5.50. The highest BCUT2D eigenvalue weighted by Gasteiger charge is 2.27. The van der Waals surface area contributed by atoms with E-state index in [4.69, 9.17) is 5.73 Å². The van der Waals surface area contributed by atoms with Gasteiger partial charge < -0.3 is 10.6 Å². The summed E-state index contributed by atoms with van der Waals surface area (Å²) in [4.78, 5) is 2.56. The van der Waals surface area contributed by atoms with Crippen LogP contribution in [0.15, 0.2) is 22.7 Å². The van der Waals surface area contributed by atoms with Gasteiger partial charge in [0.15, 0.2) is 0 Å². The van der Waals surface area contributed by atoms with E-state index in [9.17, 15) is 0 Å². The predicted molar refractivity (Wildman–Crippen MR) is 91.3 cm³/mol. The van der Waals surface area contributed by atoms with Crippen molar-refractivity contribution in [3.8, 4) is 0 Å². The first-order chi connectivity index (χ1) is 9.51. The quantitative estimate of drug-likeness (QED) is 0.800. The third-order valence-corrected chi connectivity index (χ3v) is 4.63. The second-order valence-corrected chi connectivity index (χ2v) is 7.25. The van der Waals surface area contributed by atoms with Gasteiger partial charge in [0, 0.05) is 28.8 Å². The fraction of sp³-hybridized carbons (Fsp3) is 0.647. The minimum atomic E-state index is 0.255. The van der Waals surface area contributed by atoms with E-state index in [-0.39, 0.29) is 6.04 Å². The molecule has 2 nitrogen and oxygen atoms in total. The molecular weight excluding hydrogens is 312 g/mol. The number of hydrogen-bond acceptors (Lipinski definition) is 2. The maximum Gasteiger partial charge on any atom is 0.0413 e. The zero-order valence-electron chi connectivity index (χ0n) is 12.9. The summed E-state index contributed by atoms with van der Waals surface area (Å²) in [6.45, 7) is 7.91. The summed E-state index contributed by atoms with van der Waals surface area (Å²) >= 11 is 3.62. The first kappa shape index (κ1) is 15.8. The van der Waals surface area contributed by atoms with Crippen LogP contribution in [-0.4, -0.2) is 18.6 Å². The topological polar surface area (TPSA) is 29.3 Å². The third-order valence-electron chi connectivity index (χ3n) is 4.14. The number of rotatable bonds is 7. The highest BCUT2D eigenvalue weighted by Crippen LogP contribution is 2.35. The summed E-state index contributed by atoms with van der Waals surface area (Å²) in [5.41, 5.74) is 8.92. The maximum absolute atomic E-state index is 6.17. The molecule has 0 spiro atoms. The van der Waals surface area contributed by atoms with Crippen molar-refractivity contribution < 1.29 is 0 Å². The van der Waals surface area contributed by atoms with E-state index in [1.165, 1.54) is 30.6 Å². The molecule has 1 aromatic rings. The third kappa shape index (κ3) is 4.23. The zero-order valence-corrected chi connectivity index (χ0v) is 14.5. The van der Waals surface area contributed by atoms with Gasteiger partial charge in [-0.3, -0.25) is 0 Å². The molecular formula is C17H27BrN2. The lowest BCUT2D eigenvalue weighted by Crippen LogP contribution is -2.34. The molecule has 0 amide bonds. The molecule has 1 unspecified atom stereocenters. The fourth-order valence-electron chi connectivity index (χ4n) is 2.57. The van der Waals surface area contributed by atoms with Gasteiger partial charge >= 0.3 is 0 Å². The largest absolute Gasteiger partial charge is 0.369 e. The Labute approximate surface area is 131 Å². The van der Waals surface area contributed by atoms with Crippen molar-refractivity contribution in [1.29, 1.82) is 0 Å². The van der Waals surface area contributed by atoms with E-state index in [0.717, 1.165) is 23.2 Å². The van der Waals surface area contributed by atoms with Crippen LogP contribution in [0.25, 0.3) is 0 Å². The van der Waals surface area contributed by atoms with Crippen LogP contribution in [0.5, 0.6) is 0 Å². The van der Waals surface area contributed by atoms with Gasteiger partial charge in [0.05, 0.1) is 0 Å². The molecule has 2 N–H and O–H groups in total. The van der Waals surface area contributed by atoms with Crippen molar-refractivity contribution in [2.24, 2.45) is 11.7 Å². The lowest BCUT2D eigenvalue weighted by molar-refractivity contribution is 0.623. The molecule has 0 aromatic heterocycles. The molecule has 20 heavy (non-hydrogen) atoms. The second-order valence-electron chi connectivity index (χ2n) is 6.33. The highest BCUT2D eigenvalue weighted by atomic mass is 79.9. The molecule has 0 saturated heterocycles. The first-order valence-electron chi connectivity index (χ1n) is 7.81. The lowest BCUT2D eigenvalue weighted by atomic mass is 10.0. The number of halogens is 1. The van der Waals surface area contributed by atoms with Crippen LogP contribution >= 0.6 is 15.9 Å². The van der Waals surface area contributed by atoms with Gasteiger partial charge in [0.2, 0.25) is 0 Å². The van der Waals surface area contributed by atoms with Gasteiger partial charge in [-0.05, 0) is 63.1 Å². The van der Waals surface area contributed by atoms with Gasteiger partial charge in [-0.15, -0.1) is 0 Å². The SMILES string of the molecule is CCC(N)Cc1ccc(Br)cc1N(CC1CC1)C(C)C. The Morgan fingerprint density at radius 2 is 2.05 bits per heavy atom. The second kappa shape index (κ2) is 6.95. The maximum atomic E-state index is 6.17. The van der Waals surface area contributed by atoms with Crippen LogP contribution in [0.4, 0.5) is 5.69 Å². The van der Waals surface area contributed by atoms with E-state index in [2.05, 4.69) is 59.8 Å². The summed E-state index contributed by atoms with van der Waals surface area (Å²) in [6, 6.07) is 7.42. The average Bonchev–Trinajstić information content (AvgIpc) is 3.21. The van der Waals surface area contributed by atoms with Gasteiger partial charge in [-0.1, -0.05) is 28.9 Å². The van der Waals surface area contributed by atoms with Gasteiger partial charge in [-0.25, -0.2) is 0 Å².